The smallest absolute Gasteiger partial charge is 0.160 e. The molecule has 1 atom stereocenters. The Kier molecular flexibility index (Phi) is 3.78. The molecule has 3 rings (SSSR count). The number of imidazole rings is 1. The molecule has 0 N–H and O–H groups in total. The lowest BCUT2D eigenvalue weighted by Gasteiger charge is -2.20. The fourth-order valence-electron chi connectivity index (χ4n) is 2.75. The van der Waals surface area contributed by atoms with Crippen molar-refractivity contribution in [3.8, 4) is 0 Å². The van der Waals surface area contributed by atoms with Crippen LogP contribution < -0.4 is 0 Å². The summed E-state index contributed by atoms with van der Waals surface area (Å²) in [6, 6.07) is 2.55. The molecule has 1 saturated heterocycles. The predicted molar refractivity (Wildman–Crippen MR) is 80.4 cm³/mol. The summed E-state index contributed by atoms with van der Waals surface area (Å²) in [5.74, 6) is 1.33. The van der Waals surface area contributed by atoms with Crippen molar-refractivity contribution in [2.75, 3.05) is 13.6 Å². The summed E-state index contributed by atoms with van der Waals surface area (Å²) in [5.41, 5.74) is 1.84. The van der Waals surface area contributed by atoms with E-state index < -0.39 is 0 Å². The van der Waals surface area contributed by atoms with Gasteiger partial charge in [-0.3, -0.25) is 0 Å². The lowest BCUT2D eigenvalue weighted by molar-refractivity contribution is 0.282. The van der Waals surface area contributed by atoms with Crippen LogP contribution in [0.1, 0.15) is 18.7 Å². The first-order valence-corrected chi connectivity index (χ1v) is 7.78. The average molecular weight is 344 g/mol. The number of pyridine rings is 1. The maximum absolute atomic E-state index is 6.03. The lowest BCUT2D eigenvalue weighted by Crippen LogP contribution is -2.29. The first kappa shape index (κ1) is 13.3. The van der Waals surface area contributed by atoms with Gasteiger partial charge >= 0.3 is 0 Å². The third-order valence-electron chi connectivity index (χ3n) is 3.81. The molecule has 0 radical (unpaired) electrons. The Morgan fingerprint density at radius 2 is 2.37 bits per heavy atom. The number of halogens is 2. The molecule has 102 valence electrons. The zero-order valence-electron chi connectivity index (χ0n) is 10.8. The van der Waals surface area contributed by atoms with Crippen LogP contribution in [0, 0.1) is 0 Å². The molecule has 0 aromatic carbocycles. The zero-order valence-corrected chi connectivity index (χ0v) is 13.2. The van der Waals surface area contributed by atoms with Crippen molar-refractivity contribution in [2.24, 2.45) is 0 Å². The number of alkyl halides is 1. The highest BCUT2D eigenvalue weighted by molar-refractivity contribution is 9.10. The molecule has 2 aromatic heterocycles. The Labute approximate surface area is 125 Å². The van der Waals surface area contributed by atoms with E-state index in [1.165, 1.54) is 19.4 Å². The Morgan fingerprint density at radius 3 is 3.05 bits per heavy atom. The van der Waals surface area contributed by atoms with Crippen LogP contribution >= 0.6 is 27.5 Å². The highest BCUT2D eigenvalue weighted by Crippen LogP contribution is 2.23. The number of hydrogen-bond donors (Lipinski definition) is 0. The van der Waals surface area contributed by atoms with Gasteiger partial charge in [0.25, 0.3) is 0 Å². The van der Waals surface area contributed by atoms with Crippen molar-refractivity contribution in [2.45, 2.75) is 31.3 Å². The van der Waals surface area contributed by atoms with Crippen molar-refractivity contribution in [3.63, 3.8) is 0 Å². The van der Waals surface area contributed by atoms with Gasteiger partial charge in [0.15, 0.2) is 5.65 Å². The second-order valence-electron chi connectivity index (χ2n) is 5.05. The van der Waals surface area contributed by atoms with Crippen molar-refractivity contribution in [3.05, 3.63) is 22.6 Å². The number of hydrogen-bond acceptors (Lipinski definition) is 3. The SMILES string of the molecule is CN1CCCC1Cn1c(CCl)nc2cc(Br)cnc21. The number of nitrogens with zero attached hydrogens (tertiary/aromatic N) is 4. The van der Waals surface area contributed by atoms with Crippen LogP contribution in [0.15, 0.2) is 16.7 Å². The number of fused-ring (bicyclic) bond motifs is 1. The molecule has 0 bridgehead atoms. The maximum atomic E-state index is 6.03. The standard InChI is InChI=1S/C13H16BrClN4/c1-18-4-2-3-10(18)8-19-12(6-15)17-11-5-9(14)7-16-13(11)19/h5,7,10H,2-4,6,8H2,1H3. The normalized spacial score (nSPS) is 20.5. The Bertz CT molecular complexity index is 598. The molecule has 3 heterocycles. The minimum atomic E-state index is 0.421. The molecule has 1 aliphatic heterocycles. The van der Waals surface area contributed by atoms with Crippen molar-refractivity contribution >= 4 is 38.7 Å². The van der Waals surface area contributed by atoms with Gasteiger partial charge in [-0.1, -0.05) is 0 Å². The molecule has 0 spiro atoms. The summed E-state index contributed by atoms with van der Waals surface area (Å²) >= 11 is 9.46. The summed E-state index contributed by atoms with van der Waals surface area (Å²) in [6.07, 6.45) is 4.31. The number of aromatic nitrogens is 3. The van der Waals surface area contributed by atoms with Gasteiger partial charge in [-0.15, -0.1) is 11.6 Å². The van der Waals surface area contributed by atoms with Crippen LogP contribution in [-0.4, -0.2) is 39.1 Å². The highest BCUT2D eigenvalue weighted by atomic mass is 79.9. The Morgan fingerprint density at radius 1 is 1.53 bits per heavy atom. The van der Waals surface area contributed by atoms with Gasteiger partial charge < -0.3 is 9.47 Å². The van der Waals surface area contributed by atoms with E-state index in [2.05, 4.69) is 42.4 Å². The Hall–Kier alpha value is -0.650. The minimum absolute atomic E-state index is 0.421. The highest BCUT2D eigenvalue weighted by Gasteiger charge is 2.23. The number of rotatable bonds is 3. The predicted octanol–water partition coefficient (Wildman–Crippen LogP) is 3.03. The van der Waals surface area contributed by atoms with Crippen LogP contribution in [0.4, 0.5) is 0 Å². The number of likely N-dealkylation sites (tertiary alicyclic amines) is 1. The second-order valence-corrected chi connectivity index (χ2v) is 6.23. The monoisotopic (exact) mass is 342 g/mol. The molecule has 0 aliphatic carbocycles. The molecule has 2 aromatic rings. The van der Waals surface area contributed by atoms with E-state index >= 15 is 0 Å². The first-order chi connectivity index (χ1) is 9.19. The van der Waals surface area contributed by atoms with Gasteiger partial charge in [0.2, 0.25) is 0 Å². The van der Waals surface area contributed by atoms with Crippen molar-refractivity contribution < 1.29 is 0 Å². The van der Waals surface area contributed by atoms with Gasteiger partial charge in [0.1, 0.15) is 11.3 Å². The molecule has 0 saturated carbocycles. The number of likely N-dealkylation sites (N-methyl/N-ethyl adjacent to an activating group) is 1. The van der Waals surface area contributed by atoms with Gasteiger partial charge in [0, 0.05) is 23.3 Å². The fourth-order valence-corrected chi connectivity index (χ4v) is 3.27. The van der Waals surface area contributed by atoms with Crippen LogP contribution in [0.25, 0.3) is 11.2 Å². The van der Waals surface area contributed by atoms with Gasteiger partial charge in [-0.2, -0.15) is 0 Å². The summed E-state index contributed by atoms with van der Waals surface area (Å²) < 4.78 is 3.12. The zero-order chi connectivity index (χ0) is 13.4. The Balaban J connectivity index is 2.00. The van der Waals surface area contributed by atoms with E-state index in [1.807, 2.05) is 12.3 Å². The van der Waals surface area contributed by atoms with Crippen molar-refractivity contribution in [1.29, 1.82) is 0 Å². The first-order valence-electron chi connectivity index (χ1n) is 6.46. The van der Waals surface area contributed by atoms with Crippen molar-refractivity contribution in [1.82, 2.24) is 19.4 Å². The van der Waals surface area contributed by atoms with Gasteiger partial charge in [-0.25, -0.2) is 9.97 Å². The minimum Gasteiger partial charge on any atom is -0.310 e. The van der Waals surface area contributed by atoms with E-state index in [4.69, 9.17) is 11.6 Å². The third-order valence-corrected chi connectivity index (χ3v) is 4.49. The molecule has 1 aliphatic rings. The molecule has 1 fully saturated rings. The van der Waals surface area contributed by atoms with Crippen LogP contribution in [0.3, 0.4) is 0 Å². The summed E-state index contributed by atoms with van der Waals surface area (Å²) in [7, 11) is 2.18. The van der Waals surface area contributed by atoms with E-state index in [0.717, 1.165) is 28.0 Å². The molecule has 0 amide bonds. The molecule has 6 heteroatoms. The van der Waals surface area contributed by atoms with E-state index in [9.17, 15) is 0 Å². The molecule has 4 nitrogen and oxygen atoms in total. The largest absolute Gasteiger partial charge is 0.310 e. The maximum Gasteiger partial charge on any atom is 0.160 e. The fraction of sp³-hybridized carbons (Fsp3) is 0.538. The summed E-state index contributed by atoms with van der Waals surface area (Å²) in [5, 5.41) is 0. The molecule has 1 unspecified atom stereocenters. The second kappa shape index (κ2) is 5.38. The molecular weight excluding hydrogens is 328 g/mol. The average Bonchev–Trinajstić information content (AvgIpc) is 2.94. The van der Waals surface area contributed by atoms with Crippen LogP contribution in [-0.2, 0) is 12.4 Å². The third kappa shape index (κ3) is 2.51. The molecular formula is C13H16BrClN4. The van der Waals surface area contributed by atoms with E-state index in [0.29, 0.717) is 11.9 Å². The summed E-state index contributed by atoms with van der Waals surface area (Å²) in [6.45, 7) is 2.09. The van der Waals surface area contributed by atoms with Gasteiger partial charge in [0.05, 0.1) is 5.88 Å². The topological polar surface area (TPSA) is 34.0 Å². The van der Waals surface area contributed by atoms with Crippen LogP contribution in [0.5, 0.6) is 0 Å². The van der Waals surface area contributed by atoms with E-state index in [-0.39, 0.29) is 0 Å². The lowest BCUT2D eigenvalue weighted by atomic mass is 10.2. The van der Waals surface area contributed by atoms with Gasteiger partial charge in [-0.05, 0) is 48.4 Å². The van der Waals surface area contributed by atoms with E-state index in [1.54, 1.807) is 0 Å². The quantitative estimate of drug-likeness (QED) is 0.803. The molecule has 19 heavy (non-hydrogen) atoms. The summed E-state index contributed by atoms with van der Waals surface area (Å²) in [4.78, 5) is 11.5. The van der Waals surface area contributed by atoms with Crippen LogP contribution in [0.2, 0.25) is 0 Å².